The minimum Gasteiger partial charge on any atom is -0.408 e. The fourth-order valence-corrected chi connectivity index (χ4v) is 3.58. The highest BCUT2D eigenvalue weighted by molar-refractivity contribution is 6.74. The maximum Gasteiger partial charge on any atom is 0.192 e. The molecule has 1 rings (SSSR count). The second-order valence-electron chi connectivity index (χ2n) is 8.29. The van der Waals surface area contributed by atoms with E-state index in [-0.39, 0.29) is 23.2 Å². The minimum absolute atomic E-state index is 0.0783. The van der Waals surface area contributed by atoms with Crippen molar-refractivity contribution in [2.45, 2.75) is 90.7 Å². The third kappa shape index (κ3) is 4.37. The Labute approximate surface area is 130 Å². The van der Waals surface area contributed by atoms with Crippen LogP contribution in [0.3, 0.4) is 0 Å². The van der Waals surface area contributed by atoms with Crippen LogP contribution in [0.4, 0.5) is 0 Å². The molecule has 1 aliphatic heterocycles. The average molecular weight is 317 g/mol. The van der Waals surface area contributed by atoms with Gasteiger partial charge in [0.2, 0.25) is 0 Å². The number of carbonyl (C=O) groups is 1. The van der Waals surface area contributed by atoms with Crippen LogP contribution in [0.15, 0.2) is 0 Å². The molecule has 124 valence electrons. The summed E-state index contributed by atoms with van der Waals surface area (Å²) in [6, 6.07) is 0. The first kappa shape index (κ1) is 18.8. The molecular weight excluding hydrogens is 284 g/mol. The lowest BCUT2D eigenvalue weighted by molar-refractivity contribution is -0.326. The average Bonchev–Trinajstić information content (AvgIpc) is 2.28. The zero-order valence-corrected chi connectivity index (χ0v) is 16.0. The van der Waals surface area contributed by atoms with Gasteiger partial charge in [0, 0.05) is 0 Å². The van der Waals surface area contributed by atoms with Crippen molar-refractivity contribution < 1.29 is 18.7 Å². The number of aldehydes is 1. The van der Waals surface area contributed by atoms with Gasteiger partial charge >= 0.3 is 0 Å². The molecule has 0 saturated carbocycles. The van der Waals surface area contributed by atoms with E-state index in [1.807, 2.05) is 13.8 Å². The topological polar surface area (TPSA) is 44.8 Å². The van der Waals surface area contributed by atoms with E-state index in [1.54, 1.807) is 0 Å². The molecular formula is C16H32O4Si. The normalized spacial score (nSPS) is 30.5. The lowest BCUT2D eigenvalue weighted by atomic mass is 9.96. The van der Waals surface area contributed by atoms with Gasteiger partial charge in [0.1, 0.15) is 12.2 Å². The van der Waals surface area contributed by atoms with Crippen LogP contribution in [0.2, 0.25) is 18.1 Å². The molecule has 0 aliphatic carbocycles. The summed E-state index contributed by atoms with van der Waals surface area (Å²) in [5.74, 6) is -0.501. The molecule has 1 aliphatic rings. The third-order valence-corrected chi connectivity index (χ3v) is 8.99. The monoisotopic (exact) mass is 316 g/mol. The first-order chi connectivity index (χ1) is 9.31. The van der Waals surface area contributed by atoms with Crippen molar-refractivity contribution in [3.8, 4) is 0 Å². The highest BCUT2D eigenvalue weighted by atomic mass is 28.4. The van der Waals surface area contributed by atoms with Crippen molar-refractivity contribution in [1.29, 1.82) is 0 Å². The Kier molecular flexibility index (Phi) is 5.47. The van der Waals surface area contributed by atoms with Crippen molar-refractivity contribution in [3.63, 3.8) is 0 Å². The van der Waals surface area contributed by atoms with Crippen LogP contribution in [0.5, 0.6) is 0 Å². The maximum atomic E-state index is 11.5. The zero-order chi connectivity index (χ0) is 16.6. The van der Waals surface area contributed by atoms with E-state index in [0.717, 1.165) is 6.29 Å². The molecule has 21 heavy (non-hydrogen) atoms. The summed E-state index contributed by atoms with van der Waals surface area (Å²) in [5.41, 5.74) is 0. The first-order valence-corrected chi connectivity index (χ1v) is 10.7. The Balaban J connectivity index is 3.07. The van der Waals surface area contributed by atoms with E-state index in [2.05, 4.69) is 47.7 Å². The van der Waals surface area contributed by atoms with Crippen molar-refractivity contribution in [1.82, 2.24) is 0 Å². The maximum absolute atomic E-state index is 11.5. The molecule has 0 aromatic carbocycles. The second kappa shape index (κ2) is 6.11. The quantitative estimate of drug-likeness (QED) is 0.585. The van der Waals surface area contributed by atoms with E-state index >= 15 is 0 Å². The minimum atomic E-state index is -2.00. The highest BCUT2D eigenvalue weighted by Crippen LogP contribution is 2.41. The summed E-state index contributed by atoms with van der Waals surface area (Å²) in [5, 5.41) is 0.0783. The number of carbonyl (C=O) groups excluding carboxylic acids is 1. The van der Waals surface area contributed by atoms with Crippen molar-refractivity contribution in [2.24, 2.45) is 5.92 Å². The summed E-state index contributed by atoms with van der Waals surface area (Å²) >= 11 is 0. The lowest BCUT2D eigenvalue weighted by Gasteiger charge is -2.49. The van der Waals surface area contributed by atoms with E-state index in [9.17, 15) is 4.79 Å². The largest absolute Gasteiger partial charge is 0.408 e. The molecule has 3 atom stereocenters. The number of rotatable bonds is 4. The molecule has 0 N–H and O–H groups in total. The highest BCUT2D eigenvalue weighted by Gasteiger charge is 2.49. The molecule has 0 unspecified atom stereocenters. The van der Waals surface area contributed by atoms with Crippen molar-refractivity contribution in [2.75, 3.05) is 0 Å². The van der Waals surface area contributed by atoms with E-state index in [0.29, 0.717) is 0 Å². The van der Waals surface area contributed by atoms with Gasteiger partial charge in [0.15, 0.2) is 20.4 Å². The molecule has 4 nitrogen and oxygen atoms in total. The second-order valence-corrected chi connectivity index (χ2v) is 13.0. The first-order valence-electron chi connectivity index (χ1n) is 7.79. The molecule has 0 spiro atoms. The van der Waals surface area contributed by atoms with Gasteiger partial charge in [0.05, 0.1) is 6.10 Å². The Morgan fingerprint density at radius 3 is 2.10 bits per heavy atom. The SMILES string of the molecule is CC(C)[C@H]1OC(C)(C)O[C@@H](C=O)[C@@H]1O[Si](C)(C)C(C)(C)C. The van der Waals surface area contributed by atoms with Crippen LogP contribution in [0.1, 0.15) is 48.5 Å². The van der Waals surface area contributed by atoms with Crippen LogP contribution >= 0.6 is 0 Å². The smallest absolute Gasteiger partial charge is 0.192 e. The zero-order valence-electron chi connectivity index (χ0n) is 15.0. The van der Waals surface area contributed by atoms with Gasteiger partial charge in [-0.3, -0.25) is 0 Å². The summed E-state index contributed by atoms with van der Waals surface area (Å²) in [6.07, 6.45) is -0.193. The van der Waals surface area contributed by atoms with Gasteiger partial charge in [-0.05, 0) is 37.9 Å². The van der Waals surface area contributed by atoms with E-state index in [4.69, 9.17) is 13.9 Å². The van der Waals surface area contributed by atoms with Crippen LogP contribution in [-0.4, -0.2) is 38.7 Å². The van der Waals surface area contributed by atoms with Gasteiger partial charge in [-0.25, -0.2) is 0 Å². The summed E-state index contributed by atoms with van der Waals surface area (Å²) in [4.78, 5) is 11.5. The van der Waals surface area contributed by atoms with Gasteiger partial charge in [0.25, 0.3) is 0 Å². The van der Waals surface area contributed by atoms with Crippen LogP contribution in [0.25, 0.3) is 0 Å². The standard InChI is InChI=1S/C16H32O4Si/c1-11(2)13-14(20-21(8,9)15(3,4)5)12(10-17)18-16(6,7)19-13/h10-14H,1-9H3/t12-,13+,14-/m0/s1. The van der Waals surface area contributed by atoms with Gasteiger partial charge < -0.3 is 18.7 Å². The molecule has 1 saturated heterocycles. The fraction of sp³-hybridized carbons (Fsp3) is 0.938. The van der Waals surface area contributed by atoms with Crippen LogP contribution in [-0.2, 0) is 18.7 Å². The molecule has 0 amide bonds. The fourth-order valence-electron chi connectivity index (χ4n) is 2.28. The van der Waals surface area contributed by atoms with Gasteiger partial charge in [-0.1, -0.05) is 34.6 Å². The molecule has 5 heteroatoms. The Hall–Kier alpha value is -0.233. The number of hydrogen-bond acceptors (Lipinski definition) is 4. The Morgan fingerprint density at radius 2 is 1.71 bits per heavy atom. The van der Waals surface area contributed by atoms with Gasteiger partial charge in [-0.15, -0.1) is 0 Å². The van der Waals surface area contributed by atoms with Gasteiger partial charge in [-0.2, -0.15) is 0 Å². The summed E-state index contributed by atoms with van der Waals surface area (Å²) < 4.78 is 18.3. The molecule has 0 bridgehead atoms. The number of ether oxygens (including phenoxy) is 2. The predicted octanol–water partition coefficient (Wildman–Crippen LogP) is 3.75. The Bertz CT molecular complexity index is 371. The summed E-state index contributed by atoms with van der Waals surface area (Å²) in [7, 11) is -2.00. The lowest BCUT2D eigenvalue weighted by Crippen LogP contribution is -2.61. The number of hydrogen-bond donors (Lipinski definition) is 0. The Morgan fingerprint density at radius 1 is 1.19 bits per heavy atom. The van der Waals surface area contributed by atoms with E-state index in [1.165, 1.54) is 0 Å². The molecule has 0 aromatic heterocycles. The molecule has 1 heterocycles. The molecule has 1 fully saturated rings. The third-order valence-electron chi connectivity index (χ3n) is 4.52. The predicted molar refractivity (Wildman–Crippen MR) is 86.8 cm³/mol. The van der Waals surface area contributed by atoms with Crippen molar-refractivity contribution >= 4 is 14.6 Å². The van der Waals surface area contributed by atoms with E-state index < -0.39 is 20.2 Å². The van der Waals surface area contributed by atoms with Crippen LogP contribution in [0, 0.1) is 5.92 Å². The van der Waals surface area contributed by atoms with Crippen molar-refractivity contribution in [3.05, 3.63) is 0 Å². The summed E-state index contributed by atoms with van der Waals surface area (Å²) in [6.45, 7) is 18.8. The van der Waals surface area contributed by atoms with Crippen LogP contribution < -0.4 is 0 Å². The molecule has 0 aromatic rings. The molecule has 0 radical (unpaired) electrons.